The van der Waals surface area contributed by atoms with Crippen LogP contribution in [0.5, 0.6) is 0 Å². The monoisotopic (exact) mass is 290 g/mol. The Kier molecular flexibility index (Phi) is 10.4. The molecule has 2 N–H and O–H groups in total. The number of amides is 1. The maximum atomic E-state index is 11.8. The highest BCUT2D eigenvalue weighted by atomic mass is 16.1. The molecule has 0 unspecified atom stereocenters. The van der Waals surface area contributed by atoms with Gasteiger partial charge in [0.05, 0.1) is 0 Å². The van der Waals surface area contributed by atoms with Crippen molar-refractivity contribution in [1.29, 1.82) is 0 Å². The fraction of sp³-hybridized carbons (Fsp3) is 0.611. The second-order valence-electron chi connectivity index (χ2n) is 5.55. The molecule has 0 atom stereocenters. The molecule has 0 aliphatic carbocycles. The van der Waals surface area contributed by atoms with Crippen LogP contribution in [0.3, 0.4) is 0 Å². The topological polar surface area (TPSA) is 41.1 Å². The van der Waals surface area contributed by atoms with Gasteiger partial charge in [-0.15, -0.1) is 0 Å². The summed E-state index contributed by atoms with van der Waals surface area (Å²) < 4.78 is 0. The van der Waals surface area contributed by atoms with E-state index in [0.29, 0.717) is 0 Å². The smallest absolute Gasteiger partial charge is 0.251 e. The number of carbonyl (C=O) groups is 1. The molecule has 0 spiro atoms. The van der Waals surface area contributed by atoms with Crippen molar-refractivity contribution < 1.29 is 4.79 Å². The summed E-state index contributed by atoms with van der Waals surface area (Å²) in [6, 6.07) is 9.42. The molecule has 0 saturated carbocycles. The quantitative estimate of drug-likeness (QED) is 0.576. The molecule has 0 heterocycles. The van der Waals surface area contributed by atoms with Crippen LogP contribution in [-0.2, 0) is 0 Å². The molecule has 3 heteroatoms. The Labute approximate surface area is 129 Å². The maximum absolute atomic E-state index is 11.8. The number of hydrogen-bond donors (Lipinski definition) is 2. The Morgan fingerprint density at radius 3 is 1.90 bits per heavy atom. The molecule has 0 fully saturated rings. The van der Waals surface area contributed by atoms with Crippen molar-refractivity contribution in [1.82, 2.24) is 10.6 Å². The van der Waals surface area contributed by atoms with Crippen LogP contribution in [0, 0.1) is 0 Å². The minimum absolute atomic E-state index is 0.0418. The fourth-order valence-corrected chi connectivity index (χ4v) is 2.38. The number of benzene rings is 1. The lowest BCUT2D eigenvalue weighted by Crippen LogP contribution is -2.24. The van der Waals surface area contributed by atoms with Gasteiger partial charge >= 0.3 is 0 Å². The normalized spacial score (nSPS) is 10.5. The lowest BCUT2D eigenvalue weighted by Gasteiger charge is -2.05. The lowest BCUT2D eigenvalue weighted by atomic mass is 10.1. The zero-order valence-electron chi connectivity index (χ0n) is 13.4. The Hall–Kier alpha value is -1.35. The average Bonchev–Trinajstić information content (AvgIpc) is 2.53. The van der Waals surface area contributed by atoms with Crippen molar-refractivity contribution >= 4 is 5.91 Å². The first-order chi connectivity index (χ1) is 10.3. The van der Waals surface area contributed by atoms with E-state index in [1.165, 1.54) is 44.9 Å². The summed E-state index contributed by atoms with van der Waals surface area (Å²) in [5.41, 5.74) is 0.749. The summed E-state index contributed by atoms with van der Waals surface area (Å²) in [6.45, 7) is 1.93. The first-order valence-electron chi connectivity index (χ1n) is 8.32. The SMILES string of the molecule is CNCCCCCCCCCCNC(=O)c1ccccc1. The predicted octanol–water partition coefficient (Wildman–Crippen LogP) is 3.76. The molecule has 1 aromatic carbocycles. The molecule has 21 heavy (non-hydrogen) atoms. The summed E-state index contributed by atoms with van der Waals surface area (Å²) in [5, 5.41) is 6.16. The third-order valence-corrected chi connectivity index (χ3v) is 3.68. The van der Waals surface area contributed by atoms with Crippen LogP contribution in [-0.4, -0.2) is 26.0 Å². The number of rotatable bonds is 12. The van der Waals surface area contributed by atoms with Gasteiger partial charge < -0.3 is 10.6 Å². The van der Waals surface area contributed by atoms with E-state index in [0.717, 1.165) is 25.1 Å². The van der Waals surface area contributed by atoms with E-state index in [-0.39, 0.29) is 5.91 Å². The van der Waals surface area contributed by atoms with Crippen LogP contribution < -0.4 is 10.6 Å². The largest absolute Gasteiger partial charge is 0.352 e. The van der Waals surface area contributed by atoms with E-state index < -0.39 is 0 Å². The molecule has 1 aromatic rings. The van der Waals surface area contributed by atoms with Crippen molar-refractivity contribution in [3.8, 4) is 0 Å². The third kappa shape index (κ3) is 9.24. The molecule has 0 bridgehead atoms. The first-order valence-corrected chi connectivity index (χ1v) is 8.32. The highest BCUT2D eigenvalue weighted by molar-refractivity contribution is 5.94. The second kappa shape index (κ2) is 12.4. The average molecular weight is 290 g/mol. The van der Waals surface area contributed by atoms with E-state index in [1.807, 2.05) is 37.4 Å². The zero-order valence-corrected chi connectivity index (χ0v) is 13.4. The van der Waals surface area contributed by atoms with Crippen molar-refractivity contribution in [3.63, 3.8) is 0 Å². The van der Waals surface area contributed by atoms with Gasteiger partial charge in [0.15, 0.2) is 0 Å². The van der Waals surface area contributed by atoms with Crippen molar-refractivity contribution in [2.24, 2.45) is 0 Å². The van der Waals surface area contributed by atoms with Crippen LogP contribution in [0.2, 0.25) is 0 Å². The van der Waals surface area contributed by atoms with E-state index in [4.69, 9.17) is 0 Å². The van der Waals surface area contributed by atoms with Gasteiger partial charge in [-0.05, 0) is 38.6 Å². The molecule has 0 saturated heterocycles. The minimum atomic E-state index is 0.0418. The minimum Gasteiger partial charge on any atom is -0.352 e. The summed E-state index contributed by atoms with van der Waals surface area (Å²) in [4.78, 5) is 11.8. The summed E-state index contributed by atoms with van der Waals surface area (Å²) in [5.74, 6) is 0.0418. The molecule has 118 valence electrons. The van der Waals surface area contributed by atoms with Gasteiger partial charge in [-0.1, -0.05) is 56.7 Å². The summed E-state index contributed by atoms with van der Waals surface area (Å²) in [7, 11) is 2.01. The van der Waals surface area contributed by atoms with Crippen LogP contribution >= 0.6 is 0 Å². The second-order valence-corrected chi connectivity index (χ2v) is 5.55. The molecule has 3 nitrogen and oxygen atoms in total. The highest BCUT2D eigenvalue weighted by Crippen LogP contribution is 2.08. The number of carbonyl (C=O) groups excluding carboxylic acids is 1. The van der Waals surface area contributed by atoms with Gasteiger partial charge in [0.2, 0.25) is 0 Å². The van der Waals surface area contributed by atoms with Crippen LogP contribution in [0.1, 0.15) is 61.7 Å². The fourth-order valence-electron chi connectivity index (χ4n) is 2.38. The van der Waals surface area contributed by atoms with Gasteiger partial charge in [-0.2, -0.15) is 0 Å². The number of nitrogens with one attached hydrogen (secondary N) is 2. The number of unbranched alkanes of at least 4 members (excludes halogenated alkanes) is 7. The summed E-state index contributed by atoms with van der Waals surface area (Å²) >= 11 is 0. The Morgan fingerprint density at radius 1 is 0.810 bits per heavy atom. The van der Waals surface area contributed by atoms with E-state index in [1.54, 1.807) is 0 Å². The molecule has 1 rings (SSSR count). The molecule has 1 amide bonds. The lowest BCUT2D eigenvalue weighted by molar-refractivity contribution is 0.0953. The highest BCUT2D eigenvalue weighted by Gasteiger charge is 2.02. The maximum Gasteiger partial charge on any atom is 0.251 e. The Bertz CT molecular complexity index is 365. The molecule has 0 aliphatic rings. The summed E-state index contributed by atoms with van der Waals surface area (Å²) in [6.07, 6.45) is 10.2. The van der Waals surface area contributed by atoms with Gasteiger partial charge in [-0.25, -0.2) is 0 Å². The molecular formula is C18H30N2O. The molecular weight excluding hydrogens is 260 g/mol. The van der Waals surface area contributed by atoms with E-state index in [9.17, 15) is 4.79 Å². The first kappa shape index (κ1) is 17.7. The number of hydrogen-bond acceptors (Lipinski definition) is 2. The van der Waals surface area contributed by atoms with Crippen molar-refractivity contribution in [2.75, 3.05) is 20.1 Å². The Balaban J connectivity index is 1.88. The van der Waals surface area contributed by atoms with Crippen LogP contribution in [0.15, 0.2) is 30.3 Å². The molecule has 0 aliphatic heterocycles. The molecule has 0 aromatic heterocycles. The van der Waals surface area contributed by atoms with Gasteiger partial charge in [0.25, 0.3) is 5.91 Å². The van der Waals surface area contributed by atoms with Crippen LogP contribution in [0.25, 0.3) is 0 Å². The van der Waals surface area contributed by atoms with E-state index in [2.05, 4.69) is 10.6 Å². The third-order valence-electron chi connectivity index (χ3n) is 3.68. The van der Waals surface area contributed by atoms with Crippen molar-refractivity contribution in [3.05, 3.63) is 35.9 Å². The van der Waals surface area contributed by atoms with Crippen molar-refractivity contribution in [2.45, 2.75) is 51.4 Å². The van der Waals surface area contributed by atoms with Gasteiger partial charge in [0.1, 0.15) is 0 Å². The van der Waals surface area contributed by atoms with E-state index >= 15 is 0 Å². The van der Waals surface area contributed by atoms with Gasteiger partial charge in [0, 0.05) is 12.1 Å². The van der Waals surface area contributed by atoms with Crippen LogP contribution in [0.4, 0.5) is 0 Å². The standard InChI is InChI=1S/C18H30N2O/c1-19-15-11-6-4-2-3-5-7-12-16-20-18(21)17-13-9-8-10-14-17/h8-10,13-14,19H,2-7,11-12,15-16H2,1H3,(H,20,21). The molecule has 0 radical (unpaired) electrons. The Morgan fingerprint density at radius 2 is 1.33 bits per heavy atom. The van der Waals surface area contributed by atoms with Gasteiger partial charge in [-0.3, -0.25) is 4.79 Å². The predicted molar refractivity (Wildman–Crippen MR) is 89.6 cm³/mol. The zero-order chi connectivity index (χ0) is 15.2.